The molecule has 12 heteroatoms. The highest BCUT2D eigenvalue weighted by molar-refractivity contribution is 9.10. The number of nitro groups is 1. The van der Waals surface area contributed by atoms with Crippen LogP contribution < -0.4 is 19.6 Å². The Morgan fingerprint density at radius 3 is 2.60 bits per heavy atom. The molecule has 220 valence electrons. The van der Waals surface area contributed by atoms with Gasteiger partial charge in [-0.05, 0) is 71.6 Å². The zero-order valence-electron chi connectivity index (χ0n) is 23.3. The van der Waals surface area contributed by atoms with Gasteiger partial charge in [-0.1, -0.05) is 64.9 Å². The summed E-state index contributed by atoms with van der Waals surface area (Å²) in [4.78, 5) is 42.6. The summed E-state index contributed by atoms with van der Waals surface area (Å²) in [5.74, 6) is -0.152. The number of hydrogen-bond donors (Lipinski definition) is 0. The highest BCUT2D eigenvalue weighted by Crippen LogP contribution is 2.36. The summed E-state index contributed by atoms with van der Waals surface area (Å²) in [6, 6.07) is 16.6. The quantitative estimate of drug-likeness (QED) is 0.128. The molecule has 0 radical (unpaired) electrons. The van der Waals surface area contributed by atoms with E-state index in [0.29, 0.717) is 42.0 Å². The lowest BCUT2D eigenvalue weighted by atomic mass is 9.95. The largest absolute Gasteiger partial charge is 0.486 e. The summed E-state index contributed by atoms with van der Waals surface area (Å²) in [5, 5.41) is 11.4. The second-order valence-corrected chi connectivity index (χ2v) is 12.0. The third-order valence-corrected chi connectivity index (χ3v) is 8.59. The number of allylic oxidation sites excluding steroid dienone is 1. The lowest BCUT2D eigenvalue weighted by molar-refractivity contribution is -0.384. The zero-order chi connectivity index (χ0) is 30.8. The number of carbonyl (C=O) groups is 1. The molecule has 0 saturated heterocycles. The molecule has 0 aliphatic carbocycles. The monoisotopic (exact) mass is 681 g/mol. The van der Waals surface area contributed by atoms with Crippen LogP contribution >= 0.6 is 38.9 Å². The van der Waals surface area contributed by atoms with Gasteiger partial charge in [-0.15, -0.1) is 0 Å². The summed E-state index contributed by atoms with van der Waals surface area (Å²) in [6.07, 6.45) is 1.71. The van der Waals surface area contributed by atoms with Gasteiger partial charge in [0.25, 0.3) is 11.2 Å². The SMILES string of the molecule is CCOC(=O)C1=C(C)N=c2s/c(=C/c3cc(Cl)c(OCc4cccc([N+](=O)[O-])c4)c(Br)c3)c(=O)n2[C@@H]1c1ccc(C)cc1. The maximum Gasteiger partial charge on any atom is 0.338 e. The molecular formula is C31H25BrClN3O6S. The number of nitrogens with zero attached hydrogens (tertiary/aromatic N) is 3. The van der Waals surface area contributed by atoms with E-state index in [0.717, 1.165) is 11.1 Å². The van der Waals surface area contributed by atoms with E-state index in [9.17, 15) is 19.7 Å². The summed E-state index contributed by atoms with van der Waals surface area (Å²) in [7, 11) is 0. The van der Waals surface area contributed by atoms with E-state index in [1.165, 1.54) is 28.0 Å². The molecule has 5 rings (SSSR count). The number of hydrogen-bond acceptors (Lipinski definition) is 8. The van der Waals surface area contributed by atoms with E-state index in [1.54, 1.807) is 44.2 Å². The molecule has 0 saturated carbocycles. The Hall–Kier alpha value is -4.06. The number of thiazole rings is 1. The molecule has 1 aliphatic rings. The van der Waals surface area contributed by atoms with Gasteiger partial charge in [-0.3, -0.25) is 19.5 Å². The average molecular weight is 683 g/mol. The first-order valence-electron chi connectivity index (χ1n) is 13.2. The van der Waals surface area contributed by atoms with Crippen LogP contribution in [0.3, 0.4) is 0 Å². The van der Waals surface area contributed by atoms with Crippen LogP contribution in [0.15, 0.2) is 86.2 Å². The van der Waals surface area contributed by atoms with E-state index in [4.69, 9.17) is 21.1 Å². The normalized spacial score (nSPS) is 14.7. The number of benzene rings is 3. The molecule has 1 atom stereocenters. The van der Waals surface area contributed by atoms with Crippen LogP contribution in [0.25, 0.3) is 6.08 Å². The minimum atomic E-state index is -0.696. The van der Waals surface area contributed by atoms with E-state index >= 15 is 0 Å². The van der Waals surface area contributed by atoms with Crippen molar-refractivity contribution in [2.75, 3.05) is 6.61 Å². The molecule has 2 heterocycles. The van der Waals surface area contributed by atoms with E-state index in [1.807, 2.05) is 31.2 Å². The molecule has 4 aromatic rings. The molecular weight excluding hydrogens is 658 g/mol. The van der Waals surface area contributed by atoms with Crippen LogP contribution in [-0.4, -0.2) is 22.1 Å². The lowest BCUT2D eigenvalue weighted by Gasteiger charge is -2.24. The number of ether oxygens (including phenoxy) is 2. The second kappa shape index (κ2) is 12.7. The number of aryl methyl sites for hydroxylation is 1. The van der Waals surface area contributed by atoms with E-state index in [-0.39, 0.29) is 29.5 Å². The standard InChI is InChI=1S/C31H25BrClN3O6S/c1-4-41-30(38)26-18(3)34-31-35(27(26)21-10-8-17(2)9-11-21)29(37)25(43-31)15-20-13-23(32)28(24(33)14-20)42-16-19-6-5-7-22(12-19)36(39)40/h5-15,27H,4,16H2,1-3H3/b25-15+/t27-/m1/s1. The Morgan fingerprint density at radius 1 is 1.19 bits per heavy atom. The Bertz CT molecular complexity index is 1940. The minimum Gasteiger partial charge on any atom is -0.486 e. The predicted molar refractivity (Wildman–Crippen MR) is 168 cm³/mol. The van der Waals surface area contributed by atoms with Gasteiger partial charge in [0, 0.05) is 12.1 Å². The smallest absolute Gasteiger partial charge is 0.338 e. The number of non-ortho nitro benzene ring substituents is 1. The first-order valence-corrected chi connectivity index (χ1v) is 15.2. The van der Waals surface area contributed by atoms with Crippen molar-refractivity contribution in [1.29, 1.82) is 0 Å². The summed E-state index contributed by atoms with van der Waals surface area (Å²) in [6.45, 7) is 5.71. The van der Waals surface area contributed by atoms with Crippen molar-refractivity contribution in [3.8, 4) is 5.75 Å². The molecule has 1 aliphatic heterocycles. The number of aromatic nitrogens is 1. The van der Waals surface area contributed by atoms with Gasteiger partial charge in [-0.25, -0.2) is 9.79 Å². The van der Waals surface area contributed by atoms with Gasteiger partial charge in [0.1, 0.15) is 6.61 Å². The van der Waals surface area contributed by atoms with Crippen LogP contribution in [0.1, 0.15) is 42.1 Å². The molecule has 0 amide bonds. The molecule has 0 N–H and O–H groups in total. The van der Waals surface area contributed by atoms with Crippen molar-refractivity contribution in [2.45, 2.75) is 33.4 Å². The van der Waals surface area contributed by atoms with Crippen LogP contribution in [0, 0.1) is 17.0 Å². The first kappa shape index (κ1) is 30.4. The fourth-order valence-electron chi connectivity index (χ4n) is 4.72. The van der Waals surface area contributed by atoms with Gasteiger partial charge in [-0.2, -0.15) is 0 Å². The van der Waals surface area contributed by atoms with E-state index in [2.05, 4.69) is 20.9 Å². The van der Waals surface area contributed by atoms with Gasteiger partial charge >= 0.3 is 5.97 Å². The number of esters is 1. The molecule has 0 spiro atoms. The molecule has 0 bridgehead atoms. The van der Waals surface area contributed by atoms with Crippen molar-refractivity contribution in [3.05, 3.63) is 133 Å². The number of halogens is 2. The zero-order valence-corrected chi connectivity index (χ0v) is 26.5. The molecule has 43 heavy (non-hydrogen) atoms. The topological polar surface area (TPSA) is 113 Å². The fourth-order valence-corrected chi connectivity index (χ4v) is 6.76. The Morgan fingerprint density at radius 2 is 1.93 bits per heavy atom. The fraction of sp³-hybridized carbons (Fsp3) is 0.194. The Labute approximate surface area is 263 Å². The number of rotatable bonds is 8. The maximum absolute atomic E-state index is 13.9. The van der Waals surface area contributed by atoms with Crippen molar-refractivity contribution in [1.82, 2.24) is 4.57 Å². The van der Waals surface area contributed by atoms with Crippen molar-refractivity contribution >= 4 is 56.6 Å². The third-order valence-electron chi connectivity index (χ3n) is 6.73. The number of carbonyl (C=O) groups excluding carboxylic acids is 1. The molecule has 1 aromatic heterocycles. The van der Waals surface area contributed by atoms with E-state index < -0.39 is 16.9 Å². The lowest BCUT2D eigenvalue weighted by Crippen LogP contribution is -2.39. The Balaban J connectivity index is 1.52. The van der Waals surface area contributed by atoms with Crippen LogP contribution in [-0.2, 0) is 16.1 Å². The maximum atomic E-state index is 13.9. The third kappa shape index (κ3) is 6.34. The highest BCUT2D eigenvalue weighted by atomic mass is 79.9. The van der Waals surface area contributed by atoms with Gasteiger partial charge in [0.05, 0.1) is 42.9 Å². The van der Waals surface area contributed by atoms with Gasteiger partial charge in [0.2, 0.25) is 0 Å². The van der Waals surface area contributed by atoms with Gasteiger partial charge < -0.3 is 9.47 Å². The molecule has 9 nitrogen and oxygen atoms in total. The van der Waals surface area contributed by atoms with Crippen LogP contribution in [0.5, 0.6) is 5.75 Å². The average Bonchev–Trinajstić information content (AvgIpc) is 3.26. The highest BCUT2D eigenvalue weighted by Gasteiger charge is 2.33. The molecule has 3 aromatic carbocycles. The number of nitro benzene ring substituents is 1. The summed E-state index contributed by atoms with van der Waals surface area (Å²) >= 11 is 11.3. The van der Waals surface area contributed by atoms with Crippen molar-refractivity contribution in [2.24, 2.45) is 4.99 Å². The number of fused-ring (bicyclic) bond motifs is 1. The predicted octanol–water partition coefficient (Wildman–Crippen LogP) is 6.01. The van der Waals surface area contributed by atoms with Gasteiger partial charge in [0.15, 0.2) is 10.6 Å². The summed E-state index contributed by atoms with van der Waals surface area (Å²) in [5.41, 5.74) is 3.55. The molecule has 0 fully saturated rings. The Kier molecular flexibility index (Phi) is 8.95. The van der Waals surface area contributed by atoms with Crippen LogP contribution in [0.4, 0.5) is 5.69 Å². The van der Waals surface area contributed by atoms with Crippen molar-refractivity contribution < 1.29 is 19.2 Å². The second-order valence-electron chi connectivity index (χ2n) is 9.74. The summed E-state index contributed by atoms with van der Waals surface area (Å²) < 4.78 is 13.7. The van der Waals surface area contributed by atoms with Crippen molar-refractivity contribution in [3.63, 3.8) is 0 Å². The minimum absolute atomic E-state index is 0.0303. The van der Waals surface area contributed by atoms with Crippen LogP contribution in [0.2, 0.25) is 5.02 Å². The first-order chi connectivity index (χ1) is 20.6. The molecule has 0 unspecified atom stereocenters.